The van der Waals surface area contributed by atoms with Crippen molar-refractivity contribution in [2.75, 3.05) is 42.9 Å². The fourth-order valence-electron chi connectivity index (χ4n) is 5.28. The Hall–Kier alpha value is -3.19. The van der Waals surface area contributed by atoms with Crippen molar-refractivity contribution in [3.63, 3.8) is 0 Å². The van der Waals surface area contributed by atoms with Gasteiger partial charge in [-0.15, -0.1) is 0 Å². The van der Waals surface area contributed by atoms with Gasteiger partial charge in [0.05, 0.1) is 0 Å². The lowest BCUT2D eigenvalue weighted by Gasteiger charge is -2.34. The number of H-pyrrole nitrogens is 1. The van der Waals surface area contributed by atoms with E-state index in [0.29, 0.717) is 5.82 Å². The van der Waals surface area contributed by atoms with E-state index in [1.165, 1.54) is 64.6 Å². The van der Waals surface area contributed by atoms with Gasteiger partial charge in [-0.1, -0.05) is 49.2 Å². The third-order valence-corrected chi connectivity index (χ3v) is 7.41. The average molecular weight is 486 g/mol. The van der Waals surface area contributed by atoms with Gasteiger partial charge in [0.1, 0.15) is 11.6 Å². The highest BCUT2D eigenvalue weighted by molar-refractivity contribution is 5.69. The second-order valence-corrected chi connectivity index (χ2v) is 10.2. The second-order valence-electron chi connectivity index (χ2n) is 10.2. The Labute approximate surface area is 215 Å². The molecule has 0 aliphatic carbocycles. The molecule has 4 heterocycles. The number of nitrogens with one attached hydrogen (secondary N) is 2. The fraction of sp³-hybridized carbons (Fsp3) is 0.483. The molecule has 2 aromatic heterocycles. The molecule has 36 heavy (non-hydrogen) atoms. The summed E-state index contributed by atoms with van der Waals surface area (Å²) in [5.74, 6) is 4.03. The summed E-state index contributed by atoms with van der Waals surface area (Å²) in [5.41, 5.74) is 2.15. The van der Waals surface area contributed by atoms with Gasteiger partial charge in [0, 0.05) is 30.9 Å². The molecule has 7 heteroatoms. The van der Waals surface area contributed by atoms with Crippen LogP contribution in [0.4, 0.5) is 17.5 Å². The minimum absolute atomic E-state index is 0.703. The standard InChI is InChI=1S/C29H39N7/c1-23-21-28(34-33-23)31-27-22-29(32-26(30-27)12-11-24-9-5-4-6-10-24)36-19-14-25(15-20-36)13-18-35-16-7-2-3-8-17-35/h4-6,9-12,21-22,25H,2-3,7-8,13-20H2,1H3,(H2,30,31,32,33,34). The summed E-state index contributed by atoms with van der Waals surface area (Å²) in [4.78, 5) is 14.8. The lowest BCUT2D eigenvalue weighted by atomic mass is 9.93. The Bertz CT molecular complexity index is 1110. The summed E-state index contributed by atoms with van der Waals surface area (Å²) < 4.78 is 0. The Morgan fingerprint density at radius 2 is 1.69 bits per heavy atom. The molecule has 2 aliphatic rings. The molecule has 0 amide bonds. The Morgan fingerprint density at radius 1 is 0.917 bits per heavy atom. The molecule has 0 unspecified atom stereocenters. The summed E-state index contributed by atoms with van der Waals surface area (Å²) in [6.07, 6.45) is 13.4. The predicted octanol–water partition coefficient (Wildman–Crippen LogP) is 5.90. The molecule has 1 aromatic carbocycles. The molecule has 2 N–H and O–H groups in total. The molecule has 0 bridgehead atoms. The lowest BCUT2D eigenvalue weighted by Crippen LogP contribution is -2.36. The van der Waals surface area contributed by atoms with Gasteiger partial charge < -0.3 is 15.1 Å². The molecular formula is C29H39N7. The Morgan fingerprint density at radius 3 is 2.42 bits per heavy atom. The van der Waals surface area contributed by atoms with Crippen molar-refractivity contribution in [3.05, 3.63) is 59.5 Å². The molecule has 2 aliphatic heterocycles. The number of benzene rings is 1. The van der Waals surface area contributed by atoms with E-state index in [-0.39, 0.29) is 0 Å². The molecule has 5 rings (SSSR count). The van der Waals surface area contributed by atoms with Gasteiger partial charge in [0.25, 0.3) is 0 Å². The summed E-state index contributed by atoms with van der Waals surface area (Å²) in [6.45, 7) is 7.95. The Balaban J connectivity index is 1.25. The quantitative estimate of drug-likeness (QED) is 0.414. The maximum atomic E-state index is 4.93. The van der Waals surface area contributed by atoms with Crippen LogP contribution in [0.25, 0.3) is 12.2 Å². The van der Waals surface area contributed by atoms with Crippen molar-refractivity contribution < 1.29 is 0 Å². The summed E-state index contributed by atoms with van der Waals surface area (Å²) >= 11 is 0. The van der Waals surface area contributed by atoms with Crippen molar-refractivity contribution >= 4 is 29.6 Å². The minimum atomic E-state index is 0.703. The zero-order chi connectivity index (χ0) is 24.6. The highest BCUT2D eigenvalue weighted by Gasteiger charge is 2.22. The number of rotatable bonds is 8. The zero-order valence-electron chi connectivity index (χ0n) is 21.5. The van der Waals surface area contributed by atoms with Crippen molar-refractivity contribution in [2.45, 2.75) is 51.9 Å². The molecule has 0 saturated carbocycles. The maximum Gasteiger partial charge on any atom is 0.156 e. The molecule has 0 atom stereocenters. The first-order valence-corrected chi connectivity index (χ1v) is 13.6. The van der Waals surface area contributed by atoms with E-state index in [0.717, 1.165) is 47.7 Å². The van der Waals surface area contributed by atoms with E-state index in [1.54, 1.807) is 0 Å². The van der Waals surface area contributed by atoms with E-state index in [1.807, 2.05) is 37.3 Å². The topological polar surface area (TPSA) is 73.0 Å². The number of anilines is 3. The second kappa shape index (κ2) is 12.2. The molecule has 3 aromatic rings. The number of aryl methyl sites for hydroxylation is 1. The minimum Gasteiger partial charge on any atom is -0.356 e. The van der Waals surface area contributed by atoms with Gasteiger partial charge in [-0.2, -0.15) is 5.10 Å². The lowest BCUT2D eigenvalue weighted by molar-refractivity contribution is 0.246. The maximum absolute atomic E-state index is 4.93. The van der Waals surface area contributed by atoms with Crippen LogP contribution >= 0.6 is 0 Å². The van der Waals surface area contributed by atoms with Crippen LogP contribution in [-0.4, -0.2) is 57.8 Å². The molecule has 0 radical (unpaired) electrons. The van der Waals surface area contributed by atoms with Crippen molar-refractivity contribution in [1.82, 2.24) is 25.1 Å². The zero-order valence-corrected chi connectivity index (χ0v) is 21.5. The number of piperidine rings is 1. The number of aromatic nitrogens is 4. The third kappa shape index (κ3) is 6.94. The van der Waals surface area contributed by atoms with Crippen molar-refractivity contribution in [2.24, 2.45) is 5.92 Å². The van der Waals surface area contributed by atoms with Crippen LogP contribution in [0.15, 0.2) is 42.5 Å². The number of hydrogen-bond donors (Lipinski definition) is 2. The van der Waals surface area contributed by atoms with Crippen LogP contribution in [0.2, 0.25) is 0 Å². The van der Waals surface area contributed by atoms with Gasteiger partial charge in [-0.3, -0.25) is 5.10 Å². The van der Waals surface area contributed by atoms with E-state index >= 15 is 0 Å². The summed E-state index contributed by atoms with van der Waals surface area (Å²) in [5, 5.41) is 10.7. The van der Waals surface area contributed by atoms with Crippen LogP contribution in [0.1, 0.15) is 62.0 Å². The predicted molar refractivity (Wildman–Crippen MR) is 148 cm³/mol. The highest BCUT2D eigenvalue weighted by Crippen LogP contribution is 2.27. The molecule has 190 valence electrons. The van der Waals surface area contributed by atoms with Gasteiger partial charge in [-0.25, -0.2) is 9.97 Å². The van der Waals surface area contributed by atoms with Crippen LogP contribution in [-0.2, 0) is 0 Å². The van der Waals surface area contributed by atoms with Gasteiger partial charge >= 0.3 is 0 Å². The molecule has 0 spiro atoms. The van der Waals surface area contributed by atoms with Gasteiger partial charge in [-0.05, 0) is 76.2 Å². The first-order chi connectivity index (χ1) is 17.7. The average Bonchev–Trinajstić information content (AvgIpc) is 3.14. The van der Waals surface area contributed by atoms with Crippen molar-refractivity contribution in [3.8, 4) is 0 Å². The number of likely N-dealkylation sites (tertiary alicyclic amines) is 1. The third-order valence-electron chi connectivity index (χ3n) is 7.41. The number of hydrogen-bond acceptors (Lipinski definition) is 6. The van der Waals surface area contributed by atoms with Crippen LogP contribution < -0.4 is 10.2 Å². The number of nitrogens with zero attached hydrogens (tertiary/aromatic N) is 5. The van der Waals surface area contributed by atoms with E-state index in [9.17, 15) is 0 Å². The Kier molecular flexibility index (Phi) is 8.28. The normalized spacial score (nSPS) is 18.0. The van der Waals surface area contributed by atoms with Gasteiger partial charge in [0.2, 0.25) is 0 Å². The van der Waals surface area contributed by atoms with Gasteiger partial charge in [0.15, 0.2) is 11.6 Å². The smallest absolute Gasteiger partial charge is 0.156 e. The molecule has 2 saturated heterocycles. The van der Waals surface area contributed by atoms with Crippen LogP contribution in [0.3, 0.4) is 0 Å². The first kappa shape index (κ1) is 24.5. The summed E-state index contributed by atoms with van der Waals surface area (Å²) in [6, 6.07) is 14.3. The van der Waals surface area contributed by atoms with Crippen LogP contribution in [0.5, 0.6) is 0 Å². The number of aromatic amines is 1. The van der Waals surface area contributed by atoms with Crippen molar-refractivity contribution in [1.29, 1.82) is 0 Å². The monoisotopic (exact) mass is 485 g/mol. The molecule has 7 nitrogen and oxygen atoms in total. The largest absolute Gasteiger partial charge is 0.356 e. The summed E-state index contributed by atoms with van der Waals surface area (Å²) in [7, 11) is 0. The SMILES string of the molecule is Cc1cc(Nc2cc(N3CCC(CCN4CCCCCC4)CC3)nc(C=Cc3ccccc3)n2)n[nH]1. The molecular weight excluding hydrogens is 446 g/mol. The first-order valence-electron chi connectivity index (χ1n) is 13.6. The van der Waals surface area contributed by atoms with E-state index in [4.69, 9.17) is 9.97 Å². The fourth-order valence-corrected chi connectivity index (χ4v) is 5.28. The van der Waals surface area contributed by atoms with E-state index < -0.39 is 0 Å². The highest BCUT2D eigenvalue weighted by atomic mass is 15.2. The van der Waals surface area contributed by atoms with E-state index in [2.05, 4.69) is 49.6 Å². The molecule has 2 fully saturated rings. The van der Waals surface area contributed by atoms with Crippen LogP contribution in [0, 0.1) is 12.8 Å².